The Kier molecular flexibility index (Phi) is 7.14. The molecule has 26 heavy (non-hydrogen) atoms. The van der Waals surface area contributed by atoms with Crippen molar-refractivity contribution in [2.24, 2.45) is 0 Å². The van der Waals surface area contributed by atoms with Crippen LogP contribution >= 0.6 is 11.6 Å². The summed E-state index contributed by atoms with van der Waals surface area (Å²) in [6.45, 7) is 0. The van der Waals surface area contributed by atoms with Crippen molar-refractivity contribution in [3.05, 3.63) is 52.5 Å². The van der Waals surface area contributed by atoms with Crippen molar-refractivity contribution in [1.82, 2.24) is 0 Å². The van der Waals surface area contributed by atoms with Gasteiger partial charge in [0.2, 0.25) is 0 Å². The summed E-state index contributed by atoms with van der Waals surface area (Å²) in [6, 6.07) is 9.88. The highest BCUT2D eigenvalue weighted by Gasteiger charge is 2.30. The van der Waals surface area contributed by atoms with Crippen LogP contribution in [0, 0.1) is 0 Å². The maximum Gasteiger partial charge on any atom is 0.168 e. The summed E-state index contributed by atoms with van der Waals surface area (Å²) >= 11 is 6.20. The van der Waals surface area contributed by atoms with Crippen LogP contribution in [0.1, 0.15) is 24.0 Å². The molecule has 0 saturated carbocycles. The number of hydrogen-bond acceptors (Lipinski definition) is 5. The van der Waals surface area contributed by atoms with Crippen molar-refractivity contribution in [2.75, 3.05) is 21.3 Å². The molecule has 0 fully saturated rings. The minimum Gasteiger partial charge on any atom is -0.508 e. The van der Waals surface area contributed by atoms with Gasteiger partial charge in [0.15, 0.2) is 5.79 Å². The maximum absolute atomic E-state index is 9.73. The topological polar surface area (TPSA) is 68.2 Å². The van der Waals surface area contributed by atoms with Crippen molar-refractivity contribution in [3.63, 3.8) is 0 Å². The highest BCUT2D eigenvalue weighted by molar-refractivity contribution is 6.31. The lowest BCUT2D eigenvalue weighted by atomic mass is 9.97. The Morgan fingerprint density at radius 3 is 1.96 bits per heavy atom. The first-order chi connectivity index (χ1) is 12.4. The highest BCUT2D eigenvalue weighted by atomic mass is 35.5. The number of aryl methyl sites for hydroxylation is 2. The van der Waals surface area contributed by atoms with Crippen molar-refractivity contribution in [2.45, 2.75) is 31.5 Å². The molecular formula is C20H25ClO5. The van der Waals surface area contributed by atoms with Crippen LogP contribution in [0.15, 0.2) is 36.4 Å². The van der Waals surface area contributed by atoms with Gasteiger partial charge in [-0.1, -0.05) is 11.6 Å². The standard InChI is InChI=1S/C20H25ClO5/c1-24-19-7-5-17(23)13-15(19)9-11-20(25-2,26-3)10-8-14-12-16(22)4-6-18(14)21/h4-7,12-13,22-23H,8-11H2,1-3H3. The van der Waals surface area contributed by atoms with Crippen LogP contribution in [0.2, 0.25) is 5.02 Å². The highest BCUT2D eigenvalue weighted by Crippen LogP contribution is 2.31. The number of phenolic OH excluding ortho intramolecular Hbond substituents is 2. The predicted octanol–water partition coefficient (Wildman–Crippen LogP) is 4.31. The zero-order valence-corrected chi connectivity index (χ0v) is 16.0. The van der Waals surface area contributed by atoms with Crippen LogP contribution in [0.3, 0.4) is 0 Å². The van der Waals surface area contributed by atoms with E-state index in [1.165, 1.54) is 0 Å². The van der Waals surface area contributed by atoms with Gasteiger partial charge in [-0.05, 0) is 60.4 Å². The van der Waals surface area contributed by atoms with Gasteiger partial charge in [0.25, 0.3) is 0 Å². The molecular weight excluding hydrogens is 356 g/mol. The van der Waals surface area contributed by atoms with E-state index in [0.717, 1.165) is 11.1 Å². The number of hydrogen-bond donors (Lipinski definition) is 2. The van der Waals surface area contributed by atoms with Gasteiger partial charge < -0.3 is 24.4 Å². The number of halogens is 1. The Morgan fingerprint density at radius 2 is 1.38 bits per heavy atom. The SMILES string of the molecule is COc1ccc(O)cc1CCC(CCc1cc(O)ccc1Cl)(OC)OC. The third-order valence-corrected chi connectivity index (χ3v) is 4.96. The molecule has 5 nitrogen and oxygen atoms in total. The number of methoxy groups -OCH3 is 3. The summed E-state index contributed by atoms with van der Waals surface area (Å²) in [7, 11) is 4.81. The first kappa shape index (κ1) is 20.4. The average Bonchev–Trinajstić information content (AvgIpc) is 2.65. The van der Waals surface area contributed by atoms with E-state index in [1.807, 2.05) is 0 Å². The Morgan fingerprint density at radius 1 is 0.846 bits per heavy atom. The monoisotopic (exact) mass is 380 g/mol. The molecule has 0 heterocycles. The zero-order chi connectivity index (χ0) is 19.2. The molecule has 0 amide bonds. The van der Waals surface area contributed by atoms with E-state index in [1.54, 1.807) is 57.7 Å². The van der Waals surface area contributed by atoms with E-state index in [2.05, 4.69) is 0 Å². The molecule has 0 unspecified atom stereocenters. The van der Waals surface area contributed by atoms with Gasteiger partial charge in [0.1, 0.15) is 17.2 Å². The quantitative estimate of drug-likeness (QED) is 0.634. The number of aromatic hydroxyl groups is 2. The first-order valence-corrected chi connectivity index (χ1v) is 8.74. The van der Waals surface area contributed by atoms with Gasteiger partial charge in [-0.15, -0.1) is 0 Å². The second-order valence-corrected chi connectivity index (χ2v) is 6.50. The molecule has 2 aromatic rings. The van der Waals surface area contributed by atoms with Crippen LogP contribution in [0.4, 0.5) is 0 Å². The van der Waals surface area contributed by atoms with Crippen molar-refractivity contribution >= 4 is 11.6 Å². The van der Waals surface area contributed by atoms with E-state index in [-0.39, 0.29) is 11.5 Å². The molecule has 0 bridgehead atoms. The third kappa shape index (κ3) is 5.04. The number of rotatable bonds is 9. The molecule has 2 rings (SSSR count). The maximum atomic E-state index is 9.73. The van der Waals surface area contributed by atoms with Crippen LogP contribution in [0.5, 0.6) is 17.2 Å². The van der Waals surface area contributed by atoms with Crippen LogP contribution in [-0.4, -0.2) is 37.3 Å². The molecule has 0 atom stereocenters. The predicted molar refractivity (Wildman–Crippen MR) is 101 cm³/mol. The minimum absolute atomic E-state index is 0.175. The molecule has 2 N–H and O–H groups in total. The molecule has 0 spiro atoms. The fourth-order valence-corrected chi connectivity index (χ4v) is 3.19. The van der Waals surface area contributed by atoms with Gasteiger partial charge in [0, 0.05) is 32.1 Å². The lowest BCUT2D eigenvalue weighted by molar-refractivity contribution is -0.214. The normalized spacial score (nSPS) is 11.5. The molecule has 0 radical (unpaired) electrons. The van der Waals surface area contributed by atoms with E-state index in [4.69, 9.17) is 25.8 Å². The summed E-state index contributed by atoms with van der Waals surface area (Å²) in [5, 5.41) is 20.0. The van der Waals surface area contributed by atoms with Crippen molar-refractivity contribution in [3.8, 4) is 17.2 Å². The van der Waals surface area contributed by atoms with E-state index in [9.17, 15) is 10.2 Å². The minimum atomic E-state index is -0.814. The molecule has 0 saturated heterocycles. The van der Waals surface area contributed by atoms with Crippen LogP contribution in [-0.2, 0) is 22.3 Å². The Balaban J connectivity index is 2.11. The molecule has 142 valence electrons. The number of phenols is 2. The van der Waals surface area contributed by atoms with Crippen LogP contribution in [0.25, 0.3) is 0 Å². The fraction of sp³-hybridized carbons (Fsp3) is 0.400. The zero-order valence-electron chi connectivity index (χ0n) is 15.3. The molecule has 2 aromatic carbocycles. The molecule has 0 aliphatic carbocycles. The largest absolute Gasteiger partial charge is 0.508 e. The van der Waals surface area contributed by atoms with Gasteiger partial charge in [-0.2, -0.15) is 0 Å². The van der Waals surface area contributed by atoms with Gasteiger partial charge in [0.05, 0.1) is 7.11 Å². The summed E-state index contributed by atoms with van der Waals surface area (Å²) in [6.07, 6.45) is 2.32. The summed E-state index contributed by atoms with van der Waals surface area (Å²) < 4.78 is 16.7. The average molecular weight is 381 g/mol. The summed E-state index contributed by atoms with van der Waals surface area (Å²) in [5.41, 5.74) is 1.71. The van der Waals surface area contributed by atoms with E-state index in [0.29, 0.717) is 36.5 Å². The first-order valence-electron chi connectivity index (χ1n) is 8.36. The summed E-state index contributed by atoms with van der Waals surface area (Å²) in [5.74, 6) is 0.257. The second kappa shape index (κ2) is 9.12. The van der Waals surface area contributed by atoms with Crippen LogP contribution < -0.4 is 4.74 Å². The fourth-order valence-electron chi connectivity index (χ4n) is 2.98. The lowest BCUT2D eigenvalue weighted by Gasteiger charge is -2.31. The second-order valence-electron chi connectivity index (χ2n) is 6.09. The van der Waals surface area contributed by atoms with E-state index < -0.39 is 5.79 Å². The van der Waals surface area contributed by atoms with Crippen molar-refractivity contribution in [1.29, 1.82) is 0 Å². The van der Waals surface area contributed by atoms with E-state index >= 15 is 0 Å². The molecule has 0 aliphatic rings. The molecule has 0 aromatic heterocycles. The number of ether oxygens (including phenoxy) is 3. The Labute approximate surface area is 159 Å². The van der Waals surface area contributed by atoms with Gasteiger partial charge in [-0.3, -0.25) is 0 Å². The smallest absolute Gasteiger partial charge is 0.168 e. The number of benzene rings is 2. The van der Waals surface area contributed by atoms with Gasteiger partial charge in [-0.25, -0.2) is 0 Å². The Bertz CT molecular complexity index is 728. The lowest BCUT2D eigenvalue weighted by Crippen LogP contribution is -2.35. The third-order valence-electron chi connectivity index (χ3n) is 4.59. The Hall–Kier alpha value is -1.95. The molecule has 0 aliphatic heterocycles. The summed E-state index contributed by atoms with van der Waals surface area (Å²) in [4.78, 5) is 0. The van der Waals surface area contributed by atoms with Crippen molar-refractivity contribution < 1.29 is 24.4 Å². The van der Waals surface area contributed by atoms with Gasteiger partial charge >= 0.3 is 0 Å². The molecule has 6 heteroatoms.